The first-order chi connectivity index (χ1) is 17.6. The maximum absolute atomic E-state index is 11.1. The summed E-state index contributed by atoms with van der Waals surface area (Å²) in [4.78, 5) is 12.4. The van der Waals surface area contributed by atoms with Gasteiger partial charge in [0.05, 0.1) is 13.2 Å². The van der Waals surface area contributed by atoms with Gasteiger partial charge in [0.25, 0.3) is 0 Å². The molecule has 0 bridgehead atoms. The Labute approximate surface area is 220 Å². The lowest BCUT2D eigenvalue weighted by molar-refractivity contribution is -0.137. The van der Waals surface area contributed by atoms with E-state index in [1.54, 1.807) is 0 Å². The van der Waals surface area contributed by atoms with E-state index in [1.807, 2.05) is 17.4 Å². The minimum Gasteiger partial charge on any atom is -0.493 e. The zero-order chi connectivity index (χ0) is 25.8. The van der Waals surface area contributed by atoms with E-state index in [0.717, 1.165) is 37.9 Å². The number of aryl methyl sites for hydroxylation is 2. The number of esters is 1. The molecule has 2 aromatic carbocycles. The monoisotopic (exact) mass is 508 g/mol. The van der Waals surface area contributed by atoms with Gasteiger partial charge in [0.2, 0.25) is 0 Å². The second kappa shape index (κ2) is 14.8. The van der Waals surface area contributed by atoms with Crippen LogP contribution in [0.2, 0.25) is 0 Å². The number of ether oxygens (including phenoxy) is 2. The highest BCUT2D eigenvalue weighted by molar-refractivity contribution is 7.22. The molecule has 0 aliphatic rings. The van der Waals surface area contributed by atoms with Crippen molar-refractivity contribution < 1.29 is 19.4 Å². The molecule has 0 radical (unpaired) electrons. The molecule has 3 aromatic rings. The Kier molecular flexibility index (Phi) is 11.5. The topological polar surface area (TPSA) is 55.8 Å². The first kappa shape index (κ1) is 27.9. The van der Waals surface area contributed by atoms with Crippen molar-refractivity contribution in [2.24, 2.45) is 5.92 Å². The molecule has 0 saturated heterocycles. The molecule has 0 saturated carbocycles. The van der Waals surface area contributed by atoms with Gasteiger partial charge in [-0.3, -0.25) is 0 Å². The number of thiophene rings is 1. The van der Waals surface area contributed by atoms with Crippen LogP contribution in [0.5, 0.6) is 5.75 Å². The average Bonchev–Trinajstić information content (AvgIpc) is 3.33. The van der Waals surface area contributed by atoms with Crippen LogP contribution in [0.4, 0.5) is 0 Å². The van der Waals surface area contributed by atoms with Gasteiger partial charge in [0.15, 0.2) is 0 Å². The standard InChI is InChI=1S/C31H40O4S/c1-4-7-8-11-23-13-16-28(25(5-2)18-23)30-19-26-14-15-27(20-29(26)36-30)35-22-24(21-32)12-9-10-17-34-31(33)6-3/h6,13-16,18-20,24,32H,3-5,7-12,17,21-22H2,1-2H3. The zero-order valence-electron chi connectivity index (χ0n) is 21.8. The number of rotatable bonds is 16. The van der Waals surface area contributed by atoms with E-state index in [4.69, 9.17) is 9.47 Å². The van der Waals surface area contributed by atoms with Gasteiger partial charge in [0.1, 0.15) is 5.75 Å². The summed E-state index contributed by atoms with van der Waals surface area (Å²) < 4.78 is 12.3. The van der Waals surface area contributed by atoms with Crippen molar-refractivity contribution in [2.75, 3.05) is 19.8 Å². The molecule has 3 rings (SSSR count). The Hall–Kier alpha value is -2.63. The molecule has 4 nitrogen and oxygen atoms in total. The van der Waals surface area contributed by atoms with Crippen LogP contribution in [0.1, 0.15) is 63.5 Å². The molecule has 0 aliphatic heterocycles. The highest BCUT2D eigenvalue weighted by atomic mass is 32.1. The molecule has 194 valence electrons. The molecular formula is C31H40O4S. The zero-order valence-corrected chi connectivity index (χ0v) is 22.6. The summed E-state index contributed by atoms with van der Waals surface area (Å²) in [5.74, 6) is 0.489. The summed E-state index contributed by atoms with van der Waals surface area (Å²) in [6.45, 7) is 8.79. The lowest BCUT2D eigenvalue weighted by Crippen LogP contribution is -2.16. The Balaban J connectivity index is 1.60. The molecule has 5 heteroatoms. The van der Waals surface area contributed by atoms with Crippen LogP contribution in [0, 0.1) is 5.92 Å². The van der Waals surface area contributed by atoms with Gasteiger partial charge in [-0.25, -0.2) is 4.79 Å². The van der Waals surface area contributed by atoms with Crippen molar-refractivity contribution in [3.8, 4) is 16.2 Å². The number of hydrogen-bond donors (Lipinski definition) is 1. The number of aliphatic hydroxyl groups excluding tert-OH is 1. The number of benzene rings is 2. The predicted molar refractivity (Wildman–Crippen MR) is 151 cm³/mol. The molecule has 1 unspecified atom stereocenters. The second-order valence-electron chi connectivity index (χ2n) is 9.34. The minimum atomic E-state index is -0.394. The lowest BCUT2D eigenvalue weighted by Gasteiger charge is -2.15. The van der Waals surface area contributed by atoms with Crippen molar-refractivity contribution in [1.29, 1.82) is 0 Å². The van der Waals surface area contributed by atoms with Gasteiger partial charge >= 0.3 is 5.97 Å². The summed E-state index contributed by atoms with van der Waals surface area (Å²) in [5.41, 5.74) is 4.19. The van der Waals surface area contributed by atoms with E-state index in [1.165, 1.54) is 57.0 Å². The molecule has 0 fully saturated rings. The number of hydrogen-bond acceptors (Lipinski definition) is 5. The highest BCUT2D eigenvalue weighted by Gasteiger charge is 2.12. The highest BCUT2D eigenvalue weighted by Crippen LogP contribution is 2.37. The van der Waals surface area contributed by atoms with Crippen LogP contribution in [-0.4, -0.2) is 30.9 Å². The Morgan fingerprint density at radius 3 is 2.69 bits per heavy atom. The Morgan fingerprint density at radius 1 is 1.08 bits per heavy atom. The SMILES string of the molecule is C=CC(=O)OCCCCC(CO)COc1ccc2cc(-c3ccc(CCCCC)cc3CC)sc2c1. The maximum Gasteiger partial charge on any atom is 0.330 e. The van der Waals surface area contributed by atoms with E-state index >= 15 is 0 Å². The summed E-state index contributed by atoms with van der Waals surface area (Å²) in [7, 11) is 0. The number of unbranched alkanes of at least 4 members (excludes halogenated alkanes) is 3. The minimum absolute atomic E-state index is 0.0534. The summed E-state index contributed by atoms with van der Waals surface area (Å²) in [5, 5.41) is 11.0. The van der Waals surface area contributed by atoms with E-state index in [0.29, 0.717) is 13.2 Å². The number of fused-ring (bicyclic) bond motifs is 1. The van der Waals surface area contributed by atoms with Gasteiger partial charge in [-0.15, -0.1) is 11.3 Å². The average molecular weight is 509 g/mol. The molecule has 0 spiro atoms. The molecule has 36 heavy (non-hydrogen) atoms. The number of carbonyl (C=O) groups is 1. The van der Waals surface area contributed by atoms with Crippen LogP contribution in [0.15, 0.2) is 55.1 Å². The summed E-state index contributed by atoms with van der Waals surface area (Å²) in [6, 6.07) is 15.5. The normalized spacial score (nSPS) is 12.0. The van der Waals surface area contributed by atoms with Gasteiger partial charge in [-0.2, -0.15) is 0 Å². The Morgan fingerprint density at radius 2 is 1.94 bits per heavy atom. The largest absolute Gasteiger partial charge is 0.493 e. The fourth-order valence-corrected chi connectivity index (χ4v) is 5.51. The van der Waals surface area contributed by atoms with E-state index in [-0.39, 0.29) is 12.5 Å². The molecule has 0 aliphatic carbocycles. The number of carbonyl (C=O) groups excluding carboxylic acids is 1. The van der Waals surface area contributed by atoms with E-state index in [9.17, 15) is 9.90 Å². The van der Waals surface area contributed by atoms with Crippen molar-refractivity contribution in [2.45, 2.75) is 65.2 Å². The van der Waals surface area contributed by atoms with Crippen LogP contribution in [0.25, 0.3) is 20.5 Å². The lowest BCUT2D eigenvalue weighted by atomic mass is 9.98. The second-order valence-corrected chi connectivity index (χ2v) is 10.4. The van der Waals surface area contributed by atoms with Crippen LogP contribution >= 0.6 is 11.3 Å². The predicted octanol–water partition coefficient (Wildman–Crippen LogP) is 7.75. The quantitative estimate of drug-likeness (QED) is 0.122. The third kappa shape index (κ3) is 8.21. The van der Waals surface area contributed by atoms with E-state index in [2.05, 4.69) is 56.8 Å². The van der Waals surface area contributed by atoms with Gasteiger partial charge in [0, 0.05) is 28.2 Å². The molecule has 1 aromatic heterocycles. The van der Waals surface area contributed by atoms with Crippen LogP contribution in [-0.2, 0) is 22.4 Å². The summed E-state index contributed by atoms with van der Waals surface area (Å²) in [6.07, 6.45) is 9.60. The molecule has 1 N–H and O–H groups in total. The fraction of sp³-hybridized carbons (Fsp3) is 0.452. The molecule has 1 heterocycles. The first-order valence-corrected chi connectivity index (χ1v) is 14.1. The third-order valence-corrected chi connectivity index (χ3v) is 7.67. The molecular weight excluding hydrogens is 468 g/mol. The third-order valence-electron chi connectivity index (χ3n) is 6.54. The van der Waals surface area contributed by atoms with Crippen molar-refractivity contribution >= 4 is 27.4 Å². The molecule has 1 atom stereocenters. The van der Waals surface area contributed by atoms with Gasteiger partial charge in [-0.1, -0.05) is 51.5 Å². The van der Waals surface area contributed by atoms with Crippen molar-refractivity contribution in [3.63, 3.8) is 0 Å². The van der Waals surface area contributed by atoms with Gasteiger partial charge in [-0.05, 0) is 84.9 Å². The summed E-state index contributed by atoms with van der Waals surface area (Å²) >= 11 is 1.81. The van der Waals surface area contributed by atoms with E-state index < -0.39 is 5.97 Å². The first-order valence-electron chi connectivity index (χ1n) is 13.3. The fourth-order valence-electron chi connectivity index (χ4n) is 4.36. The van der Waals surface area contributed by atoms with Crippen LogP contribution < -0.4 is 4.74 Å². The van der Waals surface area contributed by atoms with Crippen LogP contribution in [0.3, 0.4) is 0 Å². The smallest absolute Gasteiger partial charge is 0.330 e. The maximum atomic E-state index is 11.1. The molecule has 0 amide bonds. The van der Waals surface area contributed by atoms with Crippen molar-refractivity contribution in [3.05, 3.63) is 66.2 Å². The number of aliphatic hydroxyl groups is 1. The van der Waals surface area contributed by atoms with Crippen molar-refractivity contribution in [1.82, 2.24) is 0 Å². The Bertz CT molecular complexity index is 1120. The van der Waals surface area contributed by atoms with Gasteiger partial charge < -0.3 is 14.6 Å².